The lowest BCUT2D eigenvalue weighted by atomic mass is 10.0. The molecule has 0 bridgehead atoms. The second-order valence-corrected chi connectivity index (χ2v) is 14.5. The van der Waals surface area contributed by atoms with Crippen LogP contribution in [0, 0.1) is 0 Å². The van der Waals surface area contributed by atoms with Gasteiger partial charge in [-0.2, -0.15) is 0 Å². The SMILES string of the molecule is CCCCCCCCCCCCCCCc1n(CCCCCCCCCCCC)cc[n+]1CCCCCCCCCCCC. The smallest absolute Gasteiger partial charge is 0.234 e. The minimum atomic E-state index is 1.23. The molecule has 1 aromatic heterocycles. The summed E-state index contributed by atoms with van der Waals surface area (Å²) >= 11 is 0. The predicted molar refractivity (Wildman–Crippen MR) is 198 cm³/mol. The van der Waals surface area contributed by atoms with E-state index in [1.54, 1.807) is 5.82 Å². The second kappa shape index (κ2) is 33.6. The van der Waals surface area contributed by atoms with Gasteiger partial charge in [-0.3, -0.25) is 0 Å². The minimum absolute atomic E-state index is 1.23. The van der Waals surface area contributed by atoms with E-state index in [9.17, 15) is 0 Å². The van der Waals surface area contributed by atoms with Crippen LogP contribution < -0.4 is 4.57 Å². The van der Waals surface area contributed by atoms with Crippen molar-refractivity contribution in [3.8, 4) is 0 Å². The van der Waals surface area contributed by atoms with Crippen molar-refractivity contribution in [1.29, 1.82) is 0 Å². The van der Waals surface area contributed by atoms with Crippen molar-refractivity contribution in [1.82, 2.24) is 4.57 Å². The van der Waals surface area contributed by atoms with Gasteiger partial charge in [-0.15, -0.1) is 0 Å². The van der Waals surface area contributed by atoms with Crippen LogP contribution in [-0.4, -0.2) is 4.57 Å². The standard InChI is InChI=1S/C42H83N2/c1-4-7-10-13-16-19-22-23-24-25-28-31-34-37-42-43(38-35-32-29-26-20-17-14-11-8-5-2)40-41-44(42)39-36-33-30-27-21-18-15-12-9-6-3/h40-41H,4-39H2,1-3H3/q+1. The van der Waals surface area contributed by atoms with E-state index in [1.807, 2.05) is 0 Å². The molecule has 0 spiro atoms. The number of hydrogen-bond acceptors (Lipinski definition) is 0. The fourth-order valence-corrected chi connectivity index (χ4v) is 7.03. The maximum Gasteiger partial charge on any atom is 0.256 e. The molecule has 44 heavy (non-hydrogen) atoms. The van der Waals surface area contributed by atoms with Crippen LogP contribution in [0.1, 0.15) is 238 Å². The van der Waals surface area contributed by atoms with Crippen LogP contribution in [0.3, 0.4) is 0 Å². The lowest BCUT2D eigenvalue weighted by Crippen LogP contribution is -2.37. The van der Waals surface area contributed by atoms with Gasteiger partial charge in [0.15, 0.2) is 0 Å². The fraction of sp³-hybridized carbons (Fsp3) is 0.929. The third-order valence-electron chi connectivity index (χ3n) is 10.1. The Morgan fingerprint density at radius 3 is 1.09 bits per heavy atom. The molecule has 0 unspecified atom stereocenters. The zero-order valence-corrected chi connectivity index (χ0v) is 31.0. The molecule has 0 amide bonds. The van der Waals surface area contributed by atoms with E-state index in [0.717, 1.165) is 0 Å². The van der Waals surface area contributed by atoms with Gasteiger partial charge in [-0.05, 0) is 32.1 Å². The number of nitrogens with zero attached hydrogens (tertiary/aromatic N) is 2. The van der Waals surface area contributed by atoms with Crippen LogP contribution in [0.4, 0.5) is 0 Å². The van der Waals surface area contributed by atoms with E-state index in [0.29, 0.717) is 0 Å². The van der Waals surface area contributed by atoms with Gasteiger partial charge in [0, 0.05) is 6.42 Å². The van der Waals surface area contributed by atoms with Gasteiger partial charge in [0.1, 0.15) is 12.4 Å². The summed E-state index contributed by atoms with van der Waals surface area (Å²) in [7, 11) is 0. The maximum atomic E-state index is 2.64. The monoisotopic (exact) mass is 616 g/mol. The van der Waals surface area contributed by atoms with E-state index in [-0.39, 0.29) is 0 Å². The number of unbranched alkanes of at least 4 members (excludes halogenated alkanes) is 30. The van der Waals surface area contributed by atoms with Crippen molar-refractivity contribution in [3.05, 3.63) is 18.2 Å². The first-order valence-electron chi connectivity index (χ1n) is 20.9. The van der Waals surface area contributed by atoms with Crippen molar-refractivity contribution in [3.63, 3.8) is 0 Å². The molecule has 1 rings (SSSR count). The highest BCUT2D eigenvalue weighted by Gasteiger charge is 2.16. The van der Waals surface area contributed by atoms with E-state index < -0.39 is 0 Å². The highest BCUT2D eigenvalue weighted by Crippen LogP contribution is 2.15. The molecular formula is C42H83N2+. The van der Waals surface area contributed by atoms with Gasteiger partial charge in [0.25, 0.3) is 5.82 Å². The predicted octanol–water partition coefficient (Wildman–Crippen LogP) is 14.3. The Labute approximate surface area is 279 Å². The number of aromatic nitrogens is 2. The molecule has 0 aromatic carbocycles. The molecule has 2 nitrogen and oxygen atoms in total. The molecule has 260 valence electrons. The summed E-state index contributed by atoms with van der Waals surface area (Å²) in [6.45, 7) is 9.41. The van der Waals surface area contributed by atoms with Gasteiger partial charge >= 0.3 is 0 Å². The van der Waals surface area contributed by atoms with Crippen LogP contribution in [0.5, 0.6) is 0 Å². The quantitative estimate of drug-likeness (QED) is 0.0524. The van der Waals surface area contributed by atoms with E-state index >= 15 is 0 Å². The molecule has 0 aliphatic carbocycles. The molecule has 0 saturated heterocycles. The second-order valence-electron chi connectivity index (χ2n) is 14.5. The number of imidazole rings is 1. The first-order chi connectivity index (χ1) is 21.8. The molecule has 0 radical (unpaired) electrons. The topological polar surface area (TPSA) is 8.81 Å². The highest BCUT2D eigenvalue weighted by molar-refractivity contribution is 4.84. The van der Waals surface area contributed by atoms with Crippen LogP contribution >= 0.6 is 0 Å². The highest BCUT2D eigenvalue weighted by atomic mass is 15.1. The van der Waals surface area contributed by atoms with Gasteiger partial charge < -0.3 is 0 Å². The Bertz CT molecular complexity index is 636. The fourth-order valence-electron chi connectivity index (χ4n) is 7.03. The molecule has 1 aromatic rings. The summed E-state index contributed by atoms with van der Waals surface area (Å²) < 4.78 is 5.28. The number of rotatable bonds is 36. The van der Waals surface area contributed by atoms with Gasteiger partial charge in [0.2, 0.25) is 0 Å². The van der Waals surface area contributed by atoms with E-state index in [1.165, 1.54) is 231 Å². The largest absolute Gasteiger partial charge is 0.256 e. The lowest BCUT2D eigenvalue weighted by molar-refractivity contribution is -0.704. The van der Waals surface area contributed by atoms with Crippen molar-refractivity contribution in [2.45, 2.75) is 252 Å². The average Bonchev–Trinajstić information content (AvgIpc) is 3.42. The number of hydrogen-bond donors (Lipinski definition) is 0. The molecule has 1 heterocycles. The third-order valence-corrected chi connectivity index (χ3v) is 10.1. The molecule has 2 heteroatoms. The summed E-state index contributed by atoms with van der Waals surface area (Å²) in [5.41, 5.74) is 0. The Morgan fingerprint density at radius 1 is 0.386 bits per heavy atom. The normalized spacial score (nSPS) is 11.6. The Balaban J connectivity index is 2.30. The van der Waals surface area contributed by atoms with Crippen molar-refractivity contribution in [2.24, 2.45) is 0 Å². The third kappa shape index (κ3) is 25.4. The lowest BCUT2D eigenvalue weighted by Gasteiger charge is -2.07. The maximum absolute atomic E-state index is 2.64. The summed E-state index contributed by atoms with van der Waals surface area (Å²) in [4.78, 5) is 0. The summed E-state index contributed by atoms with van der Waals surface area (Å²) in [6.07, 6.45) is 53.4. The summed E-state index contributed by atoms with van der Waals surface area (Å²) in [5, 5.41) is 0. The van der Waals surface area contributed by atoms with Gasteiger partial charge in [-0.25, -0.2) is 9.13 Å². The zero-order valence-electron chi connectivity index (χ0n) is 31.0. The average molecular weight is 616 g/mol. The molecule has 0 N–H and O–H groups in total. The first-order valence-corrected chi connectivity index (χ1v) is 20.9. The van der Waals surface area contributed by atoms with E-state index in [4.69, 9.17) is 0 Å². The van der Waals surface area contributed by atoms with Crippen molar-refractivity contribution in [2.75, 3.05) is 0 Å². The van der Waals surface area contributed by atoms with Crippen LogP contribution in [0.25, 0.3) is 0 Å². The van der Waals surface area contributed by atoms with Crippen LogP contribution in [-0.2, 0) is 19.5 Å². The van der Waals surface area contributed by atoms with Gasteiger partial charge in [0.05, 0.1) is 13.1 Å². The molecular weight excluding hydrogens is 532 g/mol. The Hall–Kier alpha value is -0.790. The minimum Gasteiger partial charge on any atom is -0.234 e. The Kier molecular flexibility index (Phi) is 31.5. The van der Waals surface area contributed by atoms with E-state index in [2.05, 4.69) is 42.3 Å². The van der Waals surface area contributed by atoms with Crippen LogP contribution in [0.2, 0.25) is 0 Å². The molecule has 0 aliphatic heterocycles. The number of aryl methyl sites for hydroxylation is 2. The van der Waals surface area contributed by atoms with Crippen molar-refractivity contribution < 1.29 is 4.57 Å². The Morgan fingerprint density at radius 2 is 0.705 bits per heavy atom. The molecule has 0 saturated carbocycles. The molecule has 0 aliphatic rings. The summed E-state index contributed by atoms with van der Waals surface area (Å²) in [6, 6.07) is 0. The first kappa shape index (κ1) is 41.2. The molecule has 0 fully saturated rings. The summed E-state index contributed by atoms with van der Waals surface area (Å²) in [5.74, 6) is 1.62. The van der Waals surface area contributed by atoms with Gasteiger partial charge in [-0.1, -0.05) is 201 Å². The zero-order chi connectivity index (χ0) is 31.6. The van der Waals surface area contributed by atoms with Crippen LogP contribution in [0.15, 0.2) is 12.4 Å². The van der Waals surface area contributed by atoms with Crippen molar-refractivity contribution >= 4 is 0 Å². The molecule has 0 atom stereocenters.